The van der Waals surface area contributed by atoms with Crippen LogP contribution in [0.5, 0.6) is 0 Å². The van der Waals surface area contributed by atoms with Gasteiger partial charge in [-0.15, -0.1) is 10.2 Å². The Balaban J connectivity index is 1.83. The maximum Gasteiger partial charge on any atom is 0.159 e. The number of anilines is 1. The second kappa shape index (κ2) is 6.47. The molecule has 25 heavy (non-hydrogen) atoms. The first-order valence-corrected chi connectivity index (χ1v) is 9.19. The molecule has 128 valence electrons. The number of aromatic nitrogens is 2. The van der Waals surface area contributed by atoms with Crippen LogP contribution in [0.2, 0.25) is 0 Å². The summed E-state index contributed by atoms with van der Waals surface area (Å²) in [6.07, 6.45) is 1.29. The zero-order valence-electron chi connectivity index (χ0n) is 15.2. The maximum absolute atomic E-state index is 4.67. The Hall–Kier alpha value is -2.42. The van der Waals surface area contributed by atoms with Gasteiger partial charge >= 0.3 is 0 Å². The lowest BCUT2D eigenvalue weighted by atomic mass is 9.91. The first-order chi connectivity index (χ1) is 12.1. The maximum atomic E-state index is 4.67. The summed E-state index contributed by atoms with van der Waals surface area (Å²) in [4.78, 5) is 2.42. The Bertz CT molecular complexity index is 875. The molecule has 0 spiro atoms. The van der Waals surface area contributed by atoms with Gasteiger partial charge in [-0.3, -0.25) is 0 Å². The number of benzene rings is 2. The van der Waals surface area contributed by atoms with E-state index in [0.29, 0.717) is 11.8 Å². The van der Waals surface area contributed by atoms with E-state index in [1.165, 1.54) is 22.8 Å². The number of hydrogen-bond acceptors (Lipinski definition) is 3. The molecule has 0 amide bonds. The lowest BCUT2D eigenvalue weighted by Gasteiger charge is -2.36. The molecule has 3 heteroatoms. The summed E-state index contributed by atoms with van der Waals surface area (Å²) in [5, 5.41) is 11.7. The third kappa shape index (κ3) is 3.11. The Morgan fingerprint density at radius 3 is 2.16 bits per heavy atom. The molecule has 1 fully saturated rings. The Kier molecular flexibility index (Phi) is 4.16. The molecule has 2 aromatic carbocycles. The third-order valence-electron chi connectivity index (χ3n) is 5.16. The van der Waals surface area contributed by atoms with E-state index in [1.807, 2.05) is 0 Å². The molecular weight excluding hydrogens is 306 g/mol. The van der Waals surface area contributed by atoms with Crippen LogP contribution in [0.25, 0.3) is 22.0 Å². The predicted molar refractivity (Wildman–Crippen MR) is 105 cm³/mol. The fourth-order valence-corrected chi connectivity index (χ4v) is 4.08. The highest BCUT2D eigenvalue weighted by molar-refractivity contribution is 6.00. The number of piperidine rings is 1. The first-order valence-electron chi connectivity index (χ1n) is 9.19. The van der Waals surface area contributed by atoms with Gasteiger partial charge in [-0.1, -0.05) is 67.9 Å². The van der Waals surface area contributed by atoms with Gasteiger partial charge in [0.1, 0.15) is 5.69 Å². The first kappa shape index (κ1) is 16.1. The van der Waals surface area contributed by atoms with Crippen molar-refractivity contribution in [2.45, 2.75) is 27.2 Å². The quantitative estimate of drug-likeness (QED) is 0.655. The van der Waals surface area contributed by atoms with E-state index < -0.39 is 0 Å². The Morgan fingerprint density at radius 1 is 0.840 bits per heavy atom. The molecule has 1 aliphatic rings. The summed E-state index contributed by atoms with van der Waals surface area (Å²) in [6.45, 7) is 8.90. The molecule has 0 aliphatic carbocycles. The van der Waals surface area contributed by atoms with E-state index in [-0.39, 0.29) is 0 Å². The fourth-order valence-electron chi connectivity index (χ4n) is 4.08. The van der Waals surface area contributed by atoms with Crippen LogP contribution >= 0.6 is 0 Å². The Labute approximate surface area is 149 Å². The molecular formula is C22H25N3. The predicted octanol–water partition coefficient (Wildman–Crippen LogP) is 5.09. The van der Waals surface area contributed by atoms with Crippen LogP contribution in [0.15, 0.2) is 48.5 Å². The van der Waals surface area contributed by atoms with Gasteiger partial charge in [-0.05, 0) is 25.2 Å². The SMILES string of the molecule is Cc1ccc(-c2nnc(N3C[C@H](C)C[C@H](C)C3)c3ccccc23)cc1. The molecule has 0 saturated carbocycles. The van der Waals surface area contributed by atoms with Gasteiger partial charge in [0.15, 0.2) is 5.82 Å². The second-order valence-electron chi connectivity index (χ2n) is 7.63. The molecule has 0 radical (unpaired) electrons. The molecule has 3 aromatic rings. The van der Waals surface area contributed by atoms with Gasteiger partial charge < -0.3 is 4.90 Å². The zero-order chi connectivity index (χ0) is 17.4. The van der Waals surface area contributed by atoms with Crippen molar-refractivity contribution in [3.05, 3.63) is 54.1 Å². The van der Waals surface area contributed by atoms with Crippen LogP contribution in [0.3, 0.4) is 0 Å². The van der Waals surface area contributed by atoms with Crippen molar-refractivity contribution < 1.29 is 0 Å². The number of rotatable bonds is 2. The number of hydrogen-bond donors (Lipinski definition) is 0. The molecule has 1 aromatic heterocycles. The summed E-state index contributed by atoms with van der Waals surface area (Å²) in [6, 6.07) is 17.1. The van der Waals surface area contributed by atoms with Crippen molar-refractivity contribution in [2.24, 2.45) is 11.8 Å². The van der Waals surface area contributed by atoms with E-state index in [4.69, 9.17) is 0 Å². The molecule has 3 nitrogen and oxygen atoms in total. The van der Waals surface area contributed by atoms with Crippen LogP contribution in [-0.2, 0) is 0 Å². The van der Waals surface area contributed by atoms with Crippen molar-refractivity contribution in [1.29, 1.82) is 0 Å². The number of nitrogens with zero attached hydrogens (tertiary/aromatic N) is 3. The molecule has 4 rings (SSSR count). The van der Waals surface area contributed by atoms with Crippen LogP contribution in [0.4, 0.5) is 5.82 Å². The minimum atomic E-state index is 0.695. The van der Waals surface area contributed by atoms with Gasteiger partial charge in [0.05, 0.1) is 0 Å². The van der Waals surface area contributed by atoms with Crippen molar-refractivity contribution in [3.63, 3.8) is 0 Å². The highest BCUT2D eigenvalue weighted by Gasteiger charge is 2.25. The average Bonchev–Trinajstić information content (AvgIpc) is 2.61. The van der Waals surface area contributed by atoms with Crippen molar-refractivity contribution in [1.82, 2.24) is 10.2 Å². The third-order valence-corrected chi connectivity index (χ3v) is 5.16. The lowest BCUT2D eigenvalue weighted by Crippen LogP contribution is -2.39. The molecule has 2 heterocycles. The van der Waals surface area contributed by atoms with Gasteiger partial charge in [-0.25, -0.2) is 0 Å². The van der Waals surface area contributed by atoms with E-state index in [2.05, 4.69) is 84.4 Å². The largest absolute Gasteiger partial charge is 0.354 e. The summed E-state index contributed by atoms with van der Waals surface area (Å²) in [5.41, 5.74) is 3.35. The van der Waals surface area contributed by atoms with Crippen molar-refractivity contribution in [3.8, 4) is 11.3 Å². The number of aryl methyl sites for hydroxylation is 1. The smallest absolute Gasteiger partial charge is 0.159 e. The summed E-state index contributed by atoms with van der Waals surface area (Å²) in [5.74, 6) is 2.42. The molecule has 0 bridgehead atoms. The minimum Gasteiger partial charge on any atom is -0.354 e. The Morgan fingerprint density at radius 2 is 1.48 bits per heavy atom. The van der Waals surface area contributed by atoms with Crippen LogP contribution in [0.1, 0.15) is 25.8 Å². The summed E-state index contributed by atoms with van der Waals surface area (Å²) < 4.78 is 0. The van der Waals surface area contributed by atoms with E-state index >= 15 is 0 Å². The van der Waals surface area contributed by atoms with E-state index in [1.54, 1.807) is 0 Å². The van der Waals surface area contributed by atoms with E-state index in [9.17, 15) is 0 Å². The molecule has 1 aliphatic heterocycles. The van der Waals surface area contributed by atoms with Gasteiger partial charge in [0, 0.05) is 29.4 Å². The van der Waals surface area contributed by atoms with Crippen molar-refractivity contribution in [2.75, 3.05) is 18.0 Å². The molecule has 2 atom stereocenters. The monoisotopic (exact) mass is 331 g/mol. The standard InChI is InChI=1S/C22H25N3/c1-15-8-10-18(11-9-15)21-19-6-4-5-7-20(19)22(24-23-21)25-13-16(2)12-17(3)14-25/h4-11,16-17H,12-14H2,1-3H3/t16-,17+. The summed E-state index contributed by atoms with van der Waals surface area (Å²) >= 11 is 0. The normalized spacial score (nSPS) is 20.8. The number of fused-ring (bicyclic) bond motifs is 1. The van der Waals surface area contributed by atoms with Crippen LogP contribution < -0.4 is 4.90 Å². The van der Waals surface area contributed by atoms with E-state index in [0.717, 1.165) is 30.2 Å². The highest BCUT2D eigenvalue weighted by atomic mass is 15.3. The van der Waals surface area contributed by atoms with Crippen LogP contribution in [-0.4, -0.2) is 23.3 Å². The summed E-state index contributed by atoms with van der Waals surface area (Å²) in [7, 11) is 0. The highest BCUT2D eigenvalue weighted by Crippen LogP contribution is 2.34. The molecule has 1 saturated heterocycles. The minimum absolute atomic E-state index is 0.695. The van der Waals surface area contributed by atoms with Crippen LogP contribution in [0, 0.1) is 18.8 Å². The zero-order valence-corrected chi connectivity index (χ0v) is 15.2. The average molecular weight is 331 g/mol. The fraction of sp³-hybridized carbons (Fsp3) is 0.364. The lowest BCUT2D eigenvalue weighted by molar-refractivity contribution is 0.355. The van der Waals surface area contributed by atoms with Gasteiger partial charge in [0.25, 0.3) is 0 Å². The second-order valence-corrected chi connectivity index (χ2v) is 7.63. The van der Waals surface area contributed by atoms with Crippen molar-refractivity contribution >= 4 is 16.6 Å². The molecule has 0 unspecified atom stereocenters. The topological polar surface area (TPSA) is 29.0 Å². The molecule has 0 N–H and O–H groups in total. The van der Waals surface area contributed by atoms with Gasteiger partial charge in [0.2, 0.25) is 0 Å². The van der Waals surface area contributed by atoms with Gasteiger partial charge in [-0.2, -0.15) is 0 Å².